The Balaban J connectivity index is 1.65. The molecule has 3 saturated carbocycles. The second-order valence-corrected chi connectivity index (χ2v) is 7.78. The van der Waals surface area contributed by atoms with Gasteiger partial charge in [-0.15, -0.1) is 0 Å². The summed E-state index contributed by atoms with van der Waals surface area (Å²) in [7, 11) is -3.41. The third-order valence-electron chi connectivity index (χ3n) is 4.85. The summed E-state index contributed by atoms with van der Waals surface area (Å²) in [6.45, 7) is 2.14. The van der Waals surface area contributed by atoms with Gasteiger partial charge in [-0.1, -0.05) is 0 Å². The Kier molecular flexibility index (Phi) is 3.44. The highest BCUT2D eigenvalue weighted by Gasteiger charge is 2.63. The van der Waals surface area contributed by atoms with E-state index >= 15 is 0 Å². The number of ether oxygens (including phenoxy) is 1. The van der Waals surface area contributed by atoms with Crippen molar-refractivity contribution in [2.75, 3.05) is 12.9 Å². The molecule has 3 aliphatic carbocycles. The maximum atomic E-state index is 11.6. The lowest BCUT2D eigenvalue weighted by Crippen LogP contribution is -2.49. The molecule has 20 heavy (non-hydrogen) atoms. The third-order valence-corrected chi connectivity index (χ3v) is 5.48. The van der Waals surface area contributed by atoms with Crippen LogP contribution in [0.4, 0.5) is 4.79 Å². The van der Waals surface area contributed by atoms with Gasteiger partial charge in [0.1, 0.15) is 0 Å². The standard InChI is InChI=1S/C13H21NO5S/c1-3-18-13(15)14-12-10-4-7(19-20(2,16)17)5-11(12)9-6-8(9)10/h7-12H,3-6H2,1-2H3,(H,14,15)/t7?,8-,9+,10?,11?,12+. The zero-order valence-electron chi connectivity index (χ0n) is 11.7. The van der Waals surface area contributed by atoms with Gasteiger partial charge < -0.3 is 10.1 Å². The summed E-state index contributed by atoms with van der Waals surface area (Å²) >= 11 is 0. The minimum atomic E-state index is -3.41. The largest absolute Gasteiger partial charge is 0.450 e. The number of nitrogens with one attached hydrogen (secondary N) is 1. The van der Waals surface area contributed by atoms with E-state index in [0.717, 1.165) is 6.26 Å². The second kappa shape index (κ2) is 4.87. The lowest BCUT2D eigenvalue weighted by atomic mass is 9.78. The van der Waals surface area contributed by atoms with Crippen LogP contribution in [0, 0.1) is 23.7 Å². The fourth-order valence-corrected chi connectivity index (χ4v) is 4.92. The van der Waals surface area contributed by atoms with Crippen LogP contribution in [0.25, 0.3) is 0 Å². The van der Waals surface area contributed by atoms with Crippen molar-refractivity contribution >= 4 is 16.2 Å². The molecule has 0 spiro atoms. The first-order valence-corrected chi connectivity index (χ1v) is 9.02. The summed E-state index contributed by atoms with van der Waals surface area (Å²) in [4.78, 5) is 11.6. The van der Waals surface area contributed by atoms with E-state index in [1.807, 2.05) is 0 Å². The number of carbonyl (C=O) groups is 1. The molecule has 114 valence electrons. The van der Waals surface area contributed by atoms with Gasteiger partial charge in [-0.25, -0.2) is 4.79 Å². The van der Waals surface area contributed by atoms with Crippen molar-refractivity contribution in [3.8, 4) is 0 Å². The van der Waals surface area contributed by atoms with Gasteiger partial charge in [0.05, 0.1) is 19.0 Å². The molecule has 3 unspecified atom stereocenters. The normalized spacial score (nSPS) is 41.9. The highest BCUT2D eigenvalue weighted by Crippen LogP contribution is 2.63. The Morgan fingerprint density at radius 2 is 1.75 bits per heavy atom. The van der Waals surface area contributed by atoms with Crippen LogP contribution in [-0.4, -0.2) is 39.5 Å². The zero-order valence-corrected chi connectivity index (χ0v) is 12.6. The van der Waals surface area contributed by atoms with Gasteiger partial charge in [-0.3, -0.25) is 4.18 Å². The van der Waals surface area contributed by atoms with Crippen molar-refractivity contribution in [3.63, 3.8) is 0 Å². The molecule has 1 amide bonds. The van der Waals surface area contributed by atoms with Crippen LogP contribution in [0.3, 0.4) is 0 Å². The monoisotopic (exact) mass is 303 g/mol. The topological polar surface area (TPSA) is 81.7 Å². The number of rotatable bonds is 4. The van der Waals surface area contributed by atoms with Crippen LogP contribution in [0.2, 0.25) is 0 Å². The van der Waals surface area contributed by atoms with Crippen LogP contribution >= 0.6 is 0 Å². The Morgan fingerprint density at radius 3 is 2.25 bits per heavy atom. The van der Waals surface area contributed by atoms with Gasteiger partial charge in [0.2, 0.25) is 0 Å². The highest BCUT2D eigenvalue weighted by atomic mass is 32.2. The third kappa shape index (κ3) is 2.65. The molecule has 0 aliphatic heterocycles. The summed E-state index contributed by atoms with van der Waals surface area (Å²) in [6.07, 6.45) is 3.13. The van der Waals surface area contributed by atoms with Crippen LogP contribution in [-0.2, 0) is 19.0 Å². The lowest BCUT2D eigenvalue weighted by Gasteiger charge is -2.37. The Labute approximate surface area is 119 Å². The van der Waals surface area contributed by atoms with Crippen molar-refractivity contribution in [2.45, 2.75) is 38.3 Å². The summed E-state index contributed by atoms with van der Waals surface area (Å²) in [5.74, 6) is 1.91. The summed E-state index contributed by atoms with van der Waals surface area (Å²) < 4.78 is 32.6. The number of amides is 1. The number of hydrogen-bond donors (Lipinski definition) is 1. The van der Waals surface area contributed by atoms with E-state index in [-0.39, 0.29) is 18.2 Å². The SMILES string of the molecule is CCOC(=O)N[C@@H]1C2CC(OS(C)(=O)=O)CC1[C@@H]1C[C@H]21. The molecule has 2 bridgehead atoms. The minimum Gasteiger partial charge on any atom is -0.450 e. The Hall–Kier alpha value is -0.820. The van der Waals surface area contributed by atoms with Crippen LogP contribution in [0.1, 0.15) is 26.2 Å². The molecule has 0 heterocycles. The molecule has 6 nitrogen and oxygen atoms in total. The highest BCUT2D eigenvalue weighted by molar-refractivity contribution is 7.86. The van der Waals surface area contributed by atoms with E-state index in [1.54, 1.807) is 6.92 Å². The molecule has 0 radical (unpaired) electrons. The van der Waals surface area contributed by atoms with E-state index in [2.05, 4.69) is 5.32 Å². The number of fused-ring (bicyclic) bond motifs is 5. The molecular formula is C13H21NO5S. The van der Waals surface area contributed by atoms with Gasteiger partial charge in [0, 0.05) is 6.04 Å². The number of alkyl carbamates (subject to hydrolysis) is 1. The maximum Gasteiger partial charge on any atom is 0.407 e. The van der Waals surface area contributed by atoms with Crippen molar-refractivity contribution in [3.05, 3.63) is 0 Å². The summed E-state index contributed by atoms with van der Waals surface area (Å²) in [5, 5.41) is 2.96. The second-order valence-electron chi connectivity index (χ2n) is 6.18. The first kappa shape index (κ1) is 14.1. The smallest absolute Gasteiger partial charge is 0.407 e. The fourth-order valence-electron chi connectivity index (χ4n) is 4.27. The summed E-state index contributed by atoms with van der Waals surface area (Å²) in [6, 6.07) is 0.122. The van der Waals surface area contributed by atoms with Crippen molar-refractivity contribution in [1.82, 2.24) is 5.32 Å². The van der Waals surface area contributed by atoms with Gasteiger partial charge in [-0.05, 0) is 49.9 Å². The van der Waals surface area contributed by atoms with Crippen molar-refractivity contribution < 1.29 is 22.1 Å². The predicted molar refractivity (Wildman–Crippen MR) is 71.5 cm³/mol. The fraction of sp³-hybridized carbons (Fsp3) is 0.923. The van der Waals surface area contributed by atoms with Gasteiger partial charge in [-0.2, -0.15) is 8.42 Å². The molecular weight excluding hydrogens is 282 g/mol. The number of carbonyl (C=O) groups excluding carboxylic acids is 1. The molecule has 1 N–H and O–H groups in total. The first-order valence-electron chi connectivity index (χ1n) is 7.20. The van der Waals surface area contributed by atoms with Crippen molar-refractivity contribution in [2.24, 2.45) is 23.7 Å². The molecule has 6 atom stereocenters. The predicted octanol–water partition coefficient (Wildman–Crippen LogP) is 1.12. The molecule has 0 aromatic heterocycles. The first-order chi connectivity index (χ1) is 9.39. The van der Waals surface area contributed by atoms with E-state index < -0.39 is 10.1 Å². The Bertz CT molecular complexity index is 487. The summed E-state index contributed by atoms with van der Waals surface area (Å²) in [5.41, 5.74) is 0. The van der Waals surface area contributed by atoms with Crippen LogP contribution < -0.4 is 5.32 Å². The lowest BCUT2D eigenvalue weighted by molar-refractivity contribution is 0.0752. The molecule has 3 rings (SSSR count). The van der Waals surface area contributed by atoms with E-state index in [0.29, 0.717) is 43.1 Å². The molecule has 0 saturated heterocycles. The van der Waals surface area contributed by atoms with Gasteiger partial charge in [0.25, 0.3) is 10.1 Å². The van der Waals surface area contributed by atoms with Gasteiger partial charge >= 0.3 is 6.09 Å². The molecule has 3 fully saturated rings. The van der Waals surface area contributed by atoms with Crippen LogP contribution in [0.5, 0.6) is 0 Å². The molecule has 0 aromatic carbocycles. The van der Waals surface area contributed by atoms with E-state index in [4.69, 9.17) is 8.92 Å². The quantitative estimate of drug-likeness (QED) is 0.787. The average molecular weight is 303 g/mol. The number of hydrogen-bond acceptors (Lipinski definition) is 5. The van der Waals surface area contributed by atoms with E-state index in [1.165, 1.54) is 6.42 Å². The molecule has 7 heteroatoms. The maximum absolute atomic E-state index is 11.6. The molecule has 3 aliphatic rings. The zero-order chi connectivity index (χ0) is 14.5. The van der Waals surface area contributed by atoms with E-state index in [9.17, 15) is 13.2 Å². The van der Waals surface area contributed by atoms with Crippen LogP contribution in [0.15, 0.2) is 0 Å². The van der Waals surface area contributed by atoms with Gasteiger partial charge in [0.15, 0.2) is 0 Å². The Morgan fingerprint density at radius 1 is 1.15 bits per heavy atom. The minimum absolute atomic E-state index is 0.122. The average Bonchev–Trinajstić information content (AvgIpc) is 3.04. The molecule has 0 aromatic rings. The van der Waals surface area contributed by atoms with Crippen molar-refractivity contribution in [1.29, 1.82) is 0 Å².